The van der Waals surface area contributed by atoms with Crippen molar-refractivity contribution in [1.82, 2.24) is 0 Å². The first-order valence-corrected chi connectivity index (χ1v) is 14.2. The van der Waals surface area contributed by atoms with Crippen molar-refractivity contribution >= 4 is 32.9 Å². The second-order valence-electron chi connectivity index (χ2n) is 13.1. The van der Waals surface area contributed by atoms with Crippen LogP contribution >= 0.6 is 0 Å². The van der Waals surface area contributed by atoms with Gasteiger partial charge in [-0.15, -0.1) is 0 Å². The van der Waals surface area contributed by atoms with Gasteiger partial charge in [0, 0.05) is 36.7 Å². The summed E-state index contributed by atoms with van der Waals surface area (Å²) >= 11 is 0. The van der Waals surface area contributed by atoms with Crippen LogP contribution < -0.4 is 19.3 Å². The van der Waals surface area contributed by atoms with Crippen molar-refractivity contribution in [3.05, 3.63) is 70.8 Å². The molecule has 6 heteroatoms. The molecule has 0 amide bonds. The third-order valence-electron chi connectivity index (χ3n) is 9.62. The molecule has 2 aliphatic heterocycles. The lowest BCUT2D eigenvalue weighted by Crippen LogP contribution is -2.52. The molecule has 0 bridgehead atoms. The zero-order chi connectivity index (χ0) is 28.5. The van der Waals surface area contributed by atoms with Crippen molar-refractivity contribution in [2.24, 2.45) is 0 Å². The summed E-state index contributed by atoms with van der Waals surface area (Å²) in [7, 11) is 4.08. The van der Waals surface area contributed by atoms with Crippen LogP contribution in [0.25, 0.3) is 21.5 Å². The fraction of sp³-hybridized carbons (Fsp3) is 0.412. The van der Waals surface area contributed by atoms with Crippen molar-refractivity contribution in [2.75, 3.05) is 23.9 Å². The normalized spacial score (nSPS) is 25.9. The summed E-state index contributed by atoms with van der Waals surface area (Å²) in [5.74, 6) is 0.990. The van der Waals surface area contributed by atoms with E-state index < -0.39 is 23.7 Å². The van der Waals surface area contributed by atoms with Gasteiger partial charge in [0.2, 0.25) is 0 Å². The summed E-state index contributed by atoms with van der Waals surface area (Å²) in [5.41, 5.74) is 5.23. The van der Waals surface area contributed by atoms with Crippen LogP contribution in [0.5, 0.6) is 11.5 Å². The molecule has 3 aliphatic rings. The van der Waals surface area contributed by atoms with Gasteiger partial charge < -0.3 is 29.5 Å². The van der Waals surface area contributed by atoms with E-state index in [4.69, 9.17) is 9.47 Å². The monoisotopic (exact) mass is 538 g/mol. The van der Waals surface area contributed by atoms with Crippen LogP contribution in [-0.2, 0) is 0 Å². The Morgan fingerprint density at radius 1 is 0.600 bits per heavy atom. The quantitative estimate of drug-likeness (QED) is 0.310. The summed E-state index contributed by atoms with van der Waals surface area (Å²) in [6.07, 6.45) is -1.43. The lowest BCUT2D eigenvalue weighted by Gasteiger charge is -2.49. The lowest BCUT2D eigenvalue weighted by molar-refractivity contribution is -0.0784. The minimum atomic E-state index is -0.714. The highest BCUT2D eigenvalue weighted by Crippen LogP contribution is 2.53. The topological polar surface area (TPSA) is 65.4 Å². The van der Waals surface area contributed by atoms with E-state index in [-0.39, 0.29) is 11.8 Å². The number of aryl methyl sites for hydroxylation is 2. The highest BCUT2D eigenvalue weighted by molar-refractivity contribution is 6.02. The molecule has 4 aromatic rings. The van der Waals surface area contributed by atoms with Gasteiger partial charge in [0.15, 0.2) is 11.4 Å². The van der Waals surface area contributed by atoms with Gasteiger partial charge in [0.25, 0.3) is 0 Å². The van der Waals surface area contributed by atoms with Crippen LogP contribution in [0.1, 0.15) is 61.8 Å². The summed E-state index contributed by atoms with van der Waals surface area (Å²) in [4.78, 5) is 4.29. The highest BCUT2D eigenvalue weighted by Gasteiger charge is 2.51. The molecule has 0 atom stereocenters. The molecule has 2 N–H and O–H groups in total. The van der Waals surface area contributed by atoms with Crippen molar-refractivity contribution in [3.8, 4) is 11.5 Å². The number of ether oxygens (including phenoxy) is 2. The third-order valence-corrected chi connectivity index (χ3v) is 9.62. The number of aliphatic hydroxyl groups excluding tert-OH is 2. The fourth-order valence-electron chi connectivity index (χ4n) is 7.06. The maximum absolute atomic E-state index is 11.7. The number of aliphatic hydroxyl groups is 2. The molecule has 4 aromatic carbocycles. The average Bonchev–Trinajstić information content (AvgIpc) is 2.84. The SMILES string of the molecule is Cc1cc2c3c(cc(C4C(O)C(c5cc6c7c(cc(C)cc7c5)OC(C)(C)N6C)C4O)cc3c1)N(C)C(C)(C)O2. The van der Waals surface area contributed by atoms with Crippen molar-refractivity contribution < 1.29 is 19.7 Å². The molecule has 40 heavy (non-hydrogen) atoms. The largest absolute Gasteiger partial charge is 0.468 e. The minimum absolute atomic E-state index is 0.383. The molecule has 208 valence electrons. The van der Waals surface area contributed by atoms with E-state index in [9.17, 15) is 10.2 Å². The number of benzene rings is 4. The van der Waals surface area contributed by atoms with Gasteiger partial charge >= 0.3 is 0 Å². The Morgan fingerprint density at radius 3 is 1.35 bits per heavy atom. The Balaban J connectivity index is 1.32. The molecular formula is C34H38N2O4. The zero-order valence-electron chi connectivity index (χ0n) is 24.5. The van der Waals surface area contributed by atoms with Crippen LogP contribution in [0.3, 0.4) is 0 Å². The van der Waals surface area contributed by atoms with Gasteiger partial charge in [0.1, 0.15) is 11.5 Å². The number of hydrogen-bond acceptors (Lipinski definition) is 6. The number of nitrogens with zero attached hydrogens (tertiary/aromatic N) is 2. The molecular weight excluding hydrogens is 500 g/mol. The highest BCUT2D eigenvalue weighted by atomic mass is 16.5. The van der Waals surface area contributed by atoms with E-state index in [2.05, 4.69) is 99.9 Å². The smallest absolute Gasteiger partial charge is 0.177 e. The van der Waals surface area contributed by atoms with Crippen LogP contribution in [0.2, 0.25) is 0 Å². The van der Waals surface area contributed by atoms with Gasteiger partial charge in [-0.2, -0.15) is 0 Å². The summed E-state index contributed by atoms with van der Waals surface area (Å²) in [6, 6.07) is 17.0. The standard InChI is InChI=1S/C34H38N2O4/c1-17-9-19-13-21(15-23-27(19)25(11-17)39-33(3,4)35(23)7)29-31(37)30(32(29)38)22-14-20-10-18(2)12-26-28(20)24(16-22)36(8)34(5,6)40-26/h9-16,29-32,37-38H,1-8H3. The van der Waals surface area contributed by atoms with Crippen LogP contribution in [0.4, 0.5) is 11.4 Å². The second kappa shape index (κ2) is 8.05. The predicted molar refractivity (Wildman–Crippen MR) is 161 cm³/mol. The van der Waals surface area contributed by atoms with E-state index >= 15 is 0 Å². The Labute approximate surface area is 235 Å². The molecule has 0 saturated heterocycles. The van der Waals surface area contributed by atoms with E-state index in [0.29, 0.717) is 0 Å². The minimum Gasteiger partial charge on any atom is -0.468 e. The molecule has 0 aromatic heterocycles. The number of hydrogen-bond donors (Lipinski definition) is 2. The average molecular weight is 539 g/mol. The maximum atomic E-state index is 11.7. The van der Waals surface area contributed by atoms with Gasteiger partial charge in [-0.3, -0.25) is 0 Å². The second-order valence-corrected chi connectivity index (χ2v) is 13.1. The molecule has 2 heterocycles. The number of anilines is 2. The summed E-state index contributed by atoms with van der Waals surface area (Å²) in [6.45, 7) is 12.4. The first kappa shape index (κ1) is 25.5. The lowest BCUT2D eigenvalue weighted by atomic mass is 9.63. The molecule has 1 saturated carbocycles. The van der Waals surface area contributed by atoms with Gasteiger partial charge in [0.05, 0.1) is 23.6 Å². The van der Waals surface area contributed by atoms with Crippen molar-refractivity contribution in [1.29, 1.82) is 0 Å². The van der Waals surface area contributed by atoms with Gasteiger partial charge in [-0.05, 0) is 98.8 Å². The molecule has 0 unspecified atom stereocenters. The van der Waals surface area contributed by atoms with E-state index in [1.165, 1.54) is 0 Å². The van der Waals surface area contributed by atoms with Crippen LogP contribution in [-0.4, -0.2) is 48.0 Å². The third kappa shape index (κ3) is 3.42. The Morgan fingerprint density at radius 2 is 0.975 bits per heavy atom. The van der Waals surface area contributed by atoms with Crippen molar-refractivity contribution in [3.63, 3.8) is 0 Å². The molecule has 0 spiro atoms. The van der Waals surface area contributed by atoms with E-state index in [1.54, 1.807) is 0 Å². The maximum Gasteiger partial charge on any atom is 0.177 e. The molecule has 0 radical (unpaired) electrons. The molecule has 1 aliphatic carbocycles. The zero-order valence-corrected chi connectivity index (χ0v) is 24.5. The first-order chi connectivity index (χ1) is 18.8. The molecule has 7 rings (SSSR count). The summed E-state index contributed by atoms with van der Waals surface area (Å²) in [5, 5.41) is 27.6. The Kier molecular flexibility index (Phi) is 5.13. The van der Waals surface area contributed by atoms with E-state index in [1.807, 2.05) is 14.1 Å². The summed E-state index contributed by atoms with van der Waals surface area (Å²) < 4.78 is 12.7. The molecule has 6 nitrogen and oxygen atoms in total. The van der Waals surface area contributed by atoms with Crippen LogP contribution in [0, 0.1) is 13.8 Å². The Hall–Kier alpha value is -3.48. The molecule has 1 fully saturated rings. The first-order valence-electron chi connectivity index (χ1n) is 14.2. The predicted octanol–water partition coefficient (Wildman–Crippen LogP) is 6.34. The Bertz CT molecular complexity index is 1590. The van der Waals surface area contributed by atoms with Crippen LogP contribution in [0.15, 0.2) is 48.5 Å². The van der Waals surface area contributed by atoms with Gasteiger partial charge in [-0.1, -0.05) is 24.3 Å². The van der Waals surface area contributed by atoms with E-state index in [0.717, 1.165) is 66.7 Å². The van der Waals surface area contributed by atoms with Gasteiger partial charge in [-0.25, -0.2) is 0 Å². The fourth-order valence-corrected chi connectivity index (χ4v) is 7.06. The number of rotatable bonds is 2. The van der Waals surface area contributed by atoms with Crippen molar-refractivity contribution in [2.45, 2.75) is 77.0 Å².